The number of nitrogens with one attached hydrogen (secondary N) is 2. The van der Waals surface area contributed by atoms with Crippen LogP contribution in [0.15, 0.2) is 102 Å². The fraction of sp³-hybridized carbons (Fsp3) is 0.194. The predicted molar refractivity (Wildman–Crippen MR) is 141 cm³/mol. The fourth-order valence-corrected chi connectivity index (χ4v) is 5.11. The Kier molecular flexibility index (Phi) is 6.74. The number of aromatic nitrogens is 1. The standard InChI is InChI=1S/C31H27F3N2O/c1-20(37)30-27(22-11-13-25(14-12-22)31(32,33)34)17-24(21-7-3-2-4-8-21)18-29(30)35-16-15-23-19-36-28-10-6-5-9-26(23)28/h2-14,18-19,27,35-36H,15-17H2,1H3. The maximum absolute atomic E-state index is 13.2. The van der Waals surface area contributed by atoms with Crippen LogP contribution in [-0.2, 0) is 17.4 Å². The molecule has 4 aromatic rings. The van der Waals surface area contributed by atoms with Crippen molar-refractivity contribution in [2.75, 3.05) is 6.54 Å². The summed E-state index contributed by atoms with van der Waals surface area (Å²) in [5, 5.41) is 4.64. The minimum absolute atomic E-state index is 0.0946. The summed E-state index contributed by atoms with van der Waals surface area (Å²) in [6.45, 7) is 2.13. The number of hydrogen-bond acceptors (Lipinski definition) is 2. The van der Waals surface area contributed by atoms with Gasteiger partial charge in [-0.15, -0.1) is 0 Å². The minimum atomic E-state index is -4.41. The number of halogens is 3. The predicted octanol–water partition coefficient (Wildman–Crippen LogP) is 7.43. The van der Waals surface area contributed by atoms with Crippen molar-refractivity contribution in [1.29, 1.82) is 0 Å². The number of Topliss-reactive ketones (excluding diaryl/α,β-unsaturated/α-hetero) is 1. The lowest BCUT2D eigenvalue weighted by molar-refractivity contribution is -0.137. The van der Waals surface area contributed by atoms with Crippen molar-refractivity contribution >= 4 is 22.3 Å². The van der Waals surface area contributed by atoms with Gasteiger partial charge in [0.25, 0.3) is 0 Å². The second kappa shape index (κ2) is 10.1. The molecule has 5 rings (SSSR count). The van der Waals surface area contributed by atoms with Crippen LogP contribution in [0.5, 0.6) is 0 Å². The van der Waals surface area contributed by atoms with Gasteiger partial charge in [0.15, 0.2) is 5.78 Å². The molecule has 1 aliphatic carbocycles. The molecule has 0 fully saturated rings. The molecular weight excluding hydrogens is 473 g/mol. The first-order valence-corrected chi connectivity index (χ1v) is 12.3. The lowest BCUT2D eigenvalue weighted by atomic mass is 9.77. The van der Waals surface area contributed by atoms with Crippen LogP contribution in [0.3, 0.4) is 0 Å². The Morgan fingerprint density at radius 3 is 2.38 bits per heavy atom. The molecule has 2 N–H and O–H groups in total. The number of fused-ring (bicyclic) bond motifs is 1. The molecule has 3 aromatic carbocycles. The van der Waals surface area contributed by atoms with E-state index in [4.69, 9.17) is 0 Å². The number of carbonyl (C=O) groups is 1. The van der Waals surface area contributed by atoms with Gasteiger partial charge in [-0.25, -0.2) is 0 Å². The smallest absolute Gasteiger partial charge is 0.384 e. The third kappa shape index (κ3) is 5.24. The molecule has 0 bridgehead atoms. The van der Waals surface area contributed by atoms with Gasteiger partial charge in [0.1, 0.15) is 0 Å². The second-order valence-electron chi connectivity index (χ2n) is 9.33. The Balaban J connectivity index is 1.49. The van der Waals surface area contributed by atoms with Crippen LogP contribution < -0.4 is 5.32 Å². The van der Waals surface area contributed by atoms with Crippen molar-refractivity contribution in [1.82, 2.24) is 10.3 Å². The van der Waals surface area contributed by atoms with Crippen molar-refractivity contribution in [2.24, 2.45) is 0 Å². The van der Waals surface area contributed by atoms with E-state index in [-0.39, 0.29) is 11.7 Å². The molecule has 6 heteroatoms. The average molecular weight is 501 g/mol. The maximum atomic E-state index is 13.2. The number of para-hydroxylation sites is 1. The van der Waals surface area contributed by atoms with Gasteiger partial charge in [-0.3, -0.25) is 4.79 Å². The monoisotopic (exact) mass is 500 g/mol. The van der Waals surface area contributed by atoms with Gasteiger partial charge >= 0.3 is 6.18 Å². The summed E-state index contributed by atoms with van der Waals surface area (Å²) in [5.74, 6) is -0.446. The van der Waals surface area contributed by atoms with E-state index in [1.54, 1.807) is 0 Å². The Bertz CT molecular complexity index is 1480. The topological polar surface area (TPSA) is 44.9 Å². The van der Waals surface area contributed by atoms with E-state index >= 15 is 0 Å². The van der Waals surface area contributed by atoms with Crippen molar-refractivity contribution in [2.45, 2.75) is 31.9 Å². The third-order valence-electron chi connectivity index (χ3n) is 6.93. The van der Waals surface area contributed by atoms with E-state index in [1.807, 2.05) is 60.8 Å². The molecule has 1 heterocycles. The molecule has 37 heavy (non-hydrogen) atoms. The first kappa shape index (κ1) is 24.6. The highest BCUT2D eigenvalue weighted by Gasteiger charge is 2.32. The Labute approximate surface area is 213 Å². The normalized spacial score (nSPS) is 16.1. The molecule has 188 valence electrons. The lowest BCUT2D eigenvalue weighted by Gasteiger charge is -2.29. The summed E-state index contributed by atoms with van der Waals surface area (Å²) in [6, 6.07) is 23.2. The molecule has 0 radical (unpaired) electrons. The van der Waals surface area contributed by atoms with Gasteiger partial charge < -0.3 is 10.3 Å². The second-order valence-corrected chi connectivity index (χ2v) is 9.33. The Hall–Kier alpha value is -4.06. The first-order valence-electron chi connectivity index (χ1n) is 12.3. The highest BCUT2D eigenvalue weighted by atomic mass is 19.4. The number of hydrogen-bond donors (Lipinski definition) is 2. The number of aromatic amines is 1. The largest absolute Gasteiger partial charge is 0.416 e. The molecule has 0 saturated heterocycles. The van der Waals surface area contributed by atoms with Crippen LogP contribution in [0.2, 0.25) is 0 Å². The number of benzene rings is 3. The van der Waals surface area contributed by atoms with Crippen LogP contribution in [0.1, 0.15) is 41.5 Å². The summed E-state index contributed by atoms with van der Waals surface area (Å²) in [4.78, 5) is 16.2. The Morgan fingerprint density at radius 2 is 1.68 bits per heavy atom. The van der Waals surface area contributed by atoms with Gasteiger partial charge in [-0.1, -0.05) is 60.7 Å². The molecule has 1 aromatic heterocycles. The molecule has 0 saturated carbocycles. The summed E-state index contributed by atoms with van der Waals surface area (Å²) in [6.07, 6.45) is 0.885. The summed E-state index contributed by atoms with van der Waals surface area (Å²) in [7, 11) is 0. The van der Waals surface area contributed by atoms with E-state index in [0.29, 0.717) is 24.1 Å². The van der Waals surface area contributed by atoms with Gasteiger partial charge in [0.05, 0.1) is 5.56 Å². The molecule has 1 atom stereocenters. The number of alkyl halides is 3. The van der Waals surface area contributed by atoms with Crippen LogP contribution in [0.4, 0.5) is 13.2 Å². The van der Waals surface area contributed by atoms with E-state index in [2.05, 4.69) is 16.4 Å². The SMILES string of the molecule is CC(=O)C1=C(NCCc2c[nH]c3ccccc23)C=C(c2ccccc2)CC1c1ccc(C(F)(F)F)cc1. The summed E-state index contributed by atoms with van der Waals surface area (Å²) < 4.78 is 39.5. The average Bonchev–Trinajstić information content (AvgIpc) is 3.31. The maximum Gasteiger partial charge on any atom is 0.416 e. The zero-order valence-corrected chi connectivity index (χ0v) is 20.4. The van der Waals surface area contributed by atoms with Crippen molar-refractivity contribution in [3.8, 4) is 0 Å². The number of H-pyrrole nitrogens is 1. The highest BCUT2D eigenvalue weighted by Crippen LogP contribution is 2.41. The van der Waals surface area contributed by atoms with E-state index < -0.39 is 11.7 Å². The van der Waals surface area contributed by atoms with E-state index in [9.17, 15) is 18.0 Å². The van der Waals surface area contributed by atoms with Crippen molar-refractivity contribution in [3.05, 3.63) is 125 Å². The molecule has 0 spiro atoms. The number of ketones is 1. The summed E-state index contributed by atoms with van der Waals surface area (Å²) in [5.41, 5.74) is 5.62. The quantitative estimate of drug-likeness (QED) is 0.277. The molecule has 1 aliphatic rings. The number of allylic oxidation sites excluding steroid dienone is 3. The van der Waals surface area contributed by atoms with Crippen LogP contribution in [-0.4, -0.2) is 17.3 Å². The van der Waals surface area contributed by atoms with Gasteiger partial charge in [-0.05, 0) is 66.3 Å². The molecule has 0 aliphatic heterocycles. The zero-order valence-electron chi connectivity index (χ0n) is 20.4. The van der Waals surface area contributed by atoms with Crippen LogP contribution in [0, 0.1) is 0 Å². The number of rotatable bonds is 7. The lowest BCUT2D eigenvalue weighted by Crippen LogP contribution is -2.25. The van der Waals surface area contributed by atoms with E-state index in [1.165, 1.54) is 24.6 Å². The zero-order chi connectivity index (χ0) is 26.0. The fourth-order valence-electron chi connectivity index (χ4n) is 5.11. The molecule has 0 amide bonds. The van der Waals surface area contributed by atoms with Crippen molar-refractivity contribution < 1.29 is 18.0 Å². The van der Waals surface area contributed by atoms with Gasteiger partial charge in [0.2, 0.25) is 0 Å². The van der Waals surface area contributed by atoms with Gasteiger partial charge in [-0.2, -0.15) is 13.2 Å². The minimum Gasteiger partial charge on any atom is -0.384 e. The van der Waals surface area contributed by atoms with Crippen molar-refractivity contribution in [3.63, 3.8) is 0 Å². The van der Waals surface area contributed by atoms with Crippen LogP contribution in [0.25, 0.3) is 16.5 Å². The molecule has 3 nitrogen and oxygen atoms in total. The first-order chi connectivity index (χ1) is 17.8. The Morgan fingerprint density at radius 1 is 0.973 bits per heavy atom. The van der Waals surface area contributed by atoms with Crippen LogP contribution >= 0.6 is 0 Å². The highest BCUT2D eigenvalue weighted by molar-refractivity contribution is 5.98. The van der Waals surface area contributed by atoms with E-state index in [0.717, 1.165) is 46.3 Å². The van der Waals surface area contributed by atoms with Gasteiger partial charge in [0, 0.05) is 40.8 Å². The third-order valence-corrected chi connectivity index (χ3v) is 6.93. The molecular formula is C31H27F3N2O. The molecule has 1 unspecified atom stereocenters. The number of carbonyl (C=O) groups excluding carboxylic acids is 1. The summed E-state index contributed by atoms with van der Waals surface area (Å²) >= 11 is 0.